The van der Waals surface area contributed by atoms with Gasteiger partial charge in [-0.1, -0.05) is 37.4 Å². The van der Waals surface area contributed by atoms with Gasteiger partial charge in [0.25, 0.3) is 0 Å². The highest BCUT2D eigenvalue weighted by atomic mass is 19.1. The molecule has 2 aromatic rings. The Morgan fingerprint density at radius 1 is 0.952 bits per heavy atom. The van der Waals surface area contributed by atoms with Crippen molar-refractivity contribution >= 4 is 5.57 Å². The van der Waals surface area contributed by atoms with E-state index < -0.39 is 11.6 Å². The highest BCUT2D eigenvalue weighted by Gasteiger charge is 2.12. The Kier molecular flexibility index (Phi) is 4.37. The molecule has 108 valence electrons. The molecule has 0 unspecified atom stereocenters. The van der Waals surface area contributed by atoms with Gasteiger partial charge in [0.1, 0.15) is 11.6 Å². The van der Waals surface area contributed by atoms with Gasteiger partial charge in [0.2, 0.25) is 0 Å². The van der Waals surface area contributed by atoms with Gasteiger partial charge in [-0.2, -0.15) is 0 Å². The predicted molar refractivity (Wildman–Crippen MR) is 84.2 cm³/mol. The van der Waals surface area contributed by atoms with Crippen LogP contribution in [0.2, 0.25) is 0 Å². The summed E-state index contributed by atoms with van der Waals surface area (Å²) in [5, 5.41) is 0. The van der Waals surface area contributed by atoms with E-state index >= 15 is 0 Å². The lowest BCUT2D eigenvalue weighted by Gasteiger charge is -2.13. The second kappa shape index (κ2) is 6.04. The fraction of sp³-hybridized carbons (Fsp3) is 0.158. The Balaban J connectivity index is 2.25. The molecule has 2 rings (SSSR count). The summed E-state index contributed by atoms with van der Waals surface area (Å²) < 4.78 is 27.5. The molecule has 0 saturated carbocycles. The van der Waals surface area contributed by atoms with Crippen molar-refractivity contribution in [3.05, 3.63) is 89.0 Å². The van der Waals surface area contributed by atoms with E-state index in [1.807, 2.05) is 31.2 Å². The van der Waals surface area contributed by atoms with E-state index in [9.17, 15) is 8.78 Å². The van der Waals surface area contributed by atoms with E-state index in [0.717, 1.165) is 16.7 Å². The summed E-state index contributed by atoms with van der Waals surface area (Å²) in [6, 6.07) is 10.3. The van der Waals surface area contributed by atoms with Crippen LogP contribution in [0.25, 0.3) is 5.57 Å². The van der Waals surface area contributed by atoms with Crippen molar-refractivity contribution in [1.82, 2.24) is 0 Å². The first-order chi connectivity index (χ1) is 9.90. The minimum absolute atomic E-state index is 0.246. The fourth-order valence-electron chi connectivity index (χ4n) is 2.26. The molecule has 0 fully saturated rings. The number of halogens is 2. The Bertz CT molecular complexity index is 712. The first kappa shape index (κ1) is 15.2. The van der Waals surface area contributed by atoms with E-state index in [2.05, 4.69) is 13.2 Å². The van der Waals surface area contributed by atoms with E-state index in [0.29, 0.717) is 16.7 Å². The van der Waals surface area contributed by atoms with E-state index in [4.69, 9.17) is 0 Å². The van der Waals surface area contributed by atoms with Crippen LogP contribution in [0.5, 0.6) is 0 Å². The van der Waals surface area contributed by atoms with Gasteiger partial charge >= 0.3 is 0 Å². The minimum Gasteiger partial charge on any atom is -0.207 e. The third kappa shape index (κ3) is 3.27. The molecule has 0 nitrogen and oxygen atoms in total. The van der Waals surface area contributed by atoms with E-state index in [1.165, 1.54) is 12.1 Å². The quantitative estimate of drug-likeness (QED) is 0.660. The molecule has 0 radical (unpaired) electrons. The molecular formula is C19H18F2. The molecule has 0 heterocycles. The van der Waals surface area contributed by atoms with Crippen molar-refractivity contribution in [3.63, 3.8) is 0 Å². The van der Waals surface area contributed by atoms with Gasteiger partial charge in [0.15, 0.2) is 0 Å². The molecule has 0 aromatic heterocycles. The number of hydrogen-bond acceptors (Lipinski definition) is 0. The first-order valence-corrected chi connectivity index (χ1v) is 6.77. The molecule has 0 aliphatic heterocycles. The second-order valence-corrected chi connectivity index (χ2v) is 5.27. The third-order valence-corrected chi connectivity index (χ3v) is 3.63. The Morgan fingerprint density at radius 3 is 2.29 bits per heavy atom. The summed E-state index contributed by atoms with van der Waals surface area (Å²) in [6.07, 6.45) is 0.246. The SMILES string of the molecule is C=C(Cc1cc(F)c(C)cc1F)C(=C)c1ccccc1C. The second-order valence-electron chi connectivity index (χ2n) is 5.27. The number of rotatable bonds is 4. The van der Waals surface area contributed by atoms with Crippen LogP contribution in [-0.2, 0) is 6.42 Å². The number of hydrogen-bond donors (Lipinski definition) is 0. The lowest BCUT2D eigenvalue weighted by molar-refractivity contribution is 0.582. The van der Waals surface area contributed by atoms with Gasteiger partial charge in [-0.3, -0.25) is 0 Å². The standard InChI is InChI=1S/C19H18F2/c1-12-7-5-6-8-17(12)15(4)13(2)9-16-11-18(20)14(3)10-19(16)21/h5-8,10-11H,2,4,9H2,1,3H3. The number of benzene rings is 2. The molecule has 0 aliphatic carbocycles. The maximum atomic E-state index is 13.9. The lowest BCUT2D eigenvalue weighted by Crippen LogP contribution is -1.99. The van der Waals surface area contributed by atoms with Crippen LogP contribution in [0.3, 0.4) is 0 Å². The van der Waals surface area contributed by atoms with Gasteiger partial charge < -0.3 is 0 Å². The van der Waals surface area contributed by atoms with Gasteiger partial charge in [-0.05, 0) is 59.4 Å². The molecule has 0 atom stereocenters. The average Bonchev–Trinajstić information content (AvgIpc) is 2.44. The van der Waals surface area contributed by atoms with Gasteiger partial charge in [-0.25, -0.2) is 8.78 Å². The predicted octanol–water partition coefficient (Wildman–Crippen LogP) is 5.39. The van der Waals surface area contributed by atoms with Crippen LogP contribution < -0.4 is 0 Å². The fourth-order valence-corrected chi connectivity index (χ4v) is 2.26. The Labute approximate surface area is 124 Å². The summed E-state index contributed by atoms with van der Waals surface area (Å²) in [7, 11) is 0. The first-order valence-electron chi connectivity index (χ1n) is 6.77. The number of allylic oxidation sites excluding steroid dienone is 2. The largest absolute Gasteiger partial charge is 0.207 e. The highest BCUT2D eigenvalue weighted by molar-refractivity contribution is 5.78. The van der Waals surface area contributed by atoms with Crippen molar-refractivity contribution < 1.29 is 8.78 Å². The van der Waals surface area contributed by atoms with Crippen molar-refractivity contribution in [1.29, 1.82) is 0 Å². The summed E-state index contributed by atoms with van der Waals surface area (Å²) in [5.41, 5.74) is 4.12. The zero-order valence-electron chi connectivity index (χ0n) is 12.3. The number of aryl methyl sites for hydroxylation is 2. The van der Waals surface area contributed by atoms with Crippen LogP contribution in [0, 0.1) is 25.5 Å². The van der Waals surface area contributed by atoms with E-state index in [1.54, 1.807) is 6.92 Å². The zero-order chi connectivity index (χ0) is 15.6. The van der Waals surface area contributed by atoms with Crippen molar-refractivity contribution in [2.24, 2.45) is 0 Å². The molecule has 21 heavy (non-hydrogen) atoms. The Hall–Kier alpha value is -2.22. The summed E-state index contributed by atoms with van der Waals surface area (Å²) in [4.78, 5) is 0. The van der Waals surface area contributed by atoms with Crippen LogP contribution >= 0.6 is 0 Å². The molecule has 0 bridgehead atoms. The molecular weight excluding hydrogens is 266 g/mol. The molecule has 0 saturated heterocycles. The monoisotopic (exact) mass is 284 g/mol. The summed E-state index contributed by atoms with van der Waals surface area (Å²) in [5.74, 6) is -0.812. The van der Waals surface area contributed by atoms with Crippen molar-refractivity contribution in [3.8, 4) is 0 Å². The summed E-state index contributed by atoms with van der Waals surface area (Å²) in [6.45, 7) is 11.5. The van der Waals surface area contributed by atoms with Crippen LogP contribution in [0.15, 0.2) is 55.1 Å². The van der Waals surface area contributed by atoms with Gasteiger partial charge in [0, 0.05) is 6.42 Å². The molecule has 2 heteroatoms. The molecule has 2 aromatic carbocycles. The normalized spacial score (nSPS) is 10.5. The highest BCUT2D eigenvalue weighted by Crippen LogP contribution is 2.27. The molecule has 0 N–H and O–H groups in total. The minimum atomic E-state index is -0.410. The van der Waals surface area contributed by atoms with Gasteiger partial charge in [0.05, 0.1) is 0 Å². The molecule has 0 amide bonds. The maximum absolute atomic E-state index is 13.9. The lowest BCUT2D eigenvalue weighted by atomic mass is 9.92. The van der Waals surface area contributed by atoms with Crippen LogP contribution in [0.1, 0.15) is 22.3 Å². The topological polar surface area (TPSA) is 0 Å². The molecule has 0 spiro atoms. The third-order valence-electron chi connectivity index (χ3n) is 3.63. The van der Waals surface area contributed by atoms with E-state index in [-0.39, 0.29) is 6.42 Å². The zero-order valence-corrected chi connectivity index (χ0v) is 12.3. The maximum Gasteiger partial charge on any atom is 0.127 e. The van der Waals surface area contributed by atoms with Crippen molar-refractivity contribution in [2.45, 2.75) is 20.3 Å². The van der Waals surface area contributed by atoms with Crippen molar-refractivity contribution in [2.75, 3.05) is 0 Å². The smallest absolute Gasteiger partial charge is 0.127 e. The average molecular weight is 284 g/mol. The van der Waals surface area contributed by atoms with Crippen LogP contribution in [-0.4, -0.2) is 0 Å². The summed E-state index contributed by atoms with van der Waals surface area (Å²) >= 11 is 0. The van der Waals surface area contributed by atoms with Crippen LogP contribution in [0.4, 0.5) is 8.78 Å². The molecule has 0 aliphatic rings. The van der Waals surface area contributed by atoms with Gasteiger partial charge in [-0.15, -0.1) is 0 Å². The Morgan fingerprint density at radius 2 is 1.62 bits per heavy atom.